The number of anilines is 2. The molecule has 0 saturated heterocycles. The van der Waals surface area contributed by atoms with Crippen molar-refractivity contribution in [2.24, 2.45) is 0 Å². The number of benzene rings is 1. The number of nitrogens with zero attached hydrogens (tertiary/aromatic N) is 3. The van der Waals surface area contributed by atoms with Crippen LogP contribution in [0.15, 0.2) is 30.3 Å². The Morgan fingerprint density at radius 3 is 2.58 bits per heavy atom. The molecule has 1 aromatic heterocycles. The lowest BCUT2D eigenvalue weighted by Gasteiger charge is -2.10. The highest BCUT2D eigenvalue weighted by Crippen LogP contribution is 2.22. The zero-order chi connectivity index (χ0) is 13.8. The molecule has 4 heteroatoms. The van der Waals surface area contributed by atoms with Gasteiger partial charge in [0.05, 0.1) is 17.2 Å². The number of pyridine rings is 1. The molecule has 0 aliphatic carbocycles. The molecule has 4 nitrogen and oxygen atoms in total. The van der Waals surface area contributed by atoms with Gasteiger partial charge in [-0.3, -0.25) is 0 Å². The molecule has 0 saturated carbocycles. The molecule has 0 aliphatic heterocycles. The van der Waals surface area contributed by atoms with Crippen LogP contribution in [0.4, 0.5) is 11.5 Å². The Morgan fingerprint density at radius 1 is 1.11 bits per heavy atom. The number of aromatic nitrogens is 1. The van der Waals surface area contributed by atoms with E-state index in [4.69, 9.17) is 5.26 Å². The van der Waals surface area contributed by atoms with Crippen LogP contribution in [0.1, 0.15) is 22.4 Å². The van der Waals surface area contributed by atoms with Crippen molar-refractivity contribution in [3.05, 3.63) is 52.7 Å². The fourth-order valence-corrected chi connectivity index (χ4v) is 1.87. The van der Waals surface area contributed by atoms with E-state index in [0.29, 0.717) is 16.9 Å². The van der Waals surface area contributed by atoms with Gasteiger partial charge in [-0.1, -0.05) is 6.07 Å². The van der Waals surface area contributed by atoms with Crippen LogP contribution in [0, 0.1) is 36.5 Å². The summed E-state index contributed by atoms with van der Waals surface area (Å²) in [5.74, 6) is 0.523. The molecule has 0 amide bonds. The van der Waals surface area contributed by atoms with Crippen LogP contribution >= 0.6 is 0 Å². The lowest BCUT2D eigenvalue weighted by atomic mass is 10.1. The van der Waals surface area contributed by atoms with Gasteiger partial charge in [-0.25, -0.2) is 4.98 Å². The van der Waals surface area contributed by atoms with Crippen molar-refractivity contribution in [3.63, 3.8) is 0 Å². The van der Waals surface area contributed by atoms with E-state index in [1.807, 2.05) is 26.0 Å². The molecule has 1 aromatic carbocycles. The molecule has 0 fully saturated rings. The number of nitriles is 2. The zero-order valence-corrected chi connectivity index (χ0v) is 10.7. The monoisotopic (exact) mass is 248 g/mol. The highest BCUT2D eigenvalue weighted by Gasteiger charge is 2.08. The third-order valence-electron chi connectivity index (χ3n) is 2.71. The first-order valence-corrected chi connectivity index (χ1v) is 5.79. The molecule has 0 bridgehead atoms. The van der Waals surface area contributed by atoms with E-state index in [-0.39, 0.29) is 0 Å². The molecule has 1 heterocycles. The topological polar surface area (TPSA) is 72.5 Å². The Hall–Kier alpha value is -2.85. The average Bonchev–Trinajstić information content (AvgIpc) is 2.38. The smallest absolute Gasteiger partial charge is 0.148 e. The van der Waals surface area contributed by atoms with Gasteiger partial charge < -0.3 is 5.32 Å². The molecule has 0 aliphatic rings. The third kappa shape index (κ3) is 2.70. The number of hydrogen-bond acceptors (Lipinski definition) is 4. The first-order valence-electron chi connectivity index (χ1n) is 5.79. The molecule has 0 spiro atoms. The van der Waals surface area contributed by atoms with E-state index in [2.05, 4.69) is 22.4 Å². The van der Waals surface area contributed by atoms with Crippen molar-refractivity contribution in [1.82, 2.24) is 4.98 Å². The van der Waals surface area contributed by atoms with Crippen LogP contribution in [0.3, 0.4) is 0 Å². The molecule has 19 heavy (non-hydrogen) atoms. The highest BCUT2D eigenvalue weighted by molar-refractivity contribution is 5.65. The predicted molar refractivity (Wildman–Crippen MR) is 72.9 cm³/mol. The minimum absolute atomic E-state index is 0.521. The number of nitrogens with one attached hydrogen (secondary N) is 1. The summed E-state index contributed by atoms with van der Waals surface area (Å²) in [5.41, 5.74) is 3.55. The van der Waals surface area contributed by atoms with Crippen LogP contribution in [0.2, 0.25) is 0 Å². The van der Waals surface area contributed by atoms with Gasteiger partial charge in [-0.15, -0.1) is 0 Å². The number of hydrogen-bond donors (Lipinski definition) is 1. The minimum atomic E-state index is 0.521. The maximum atomic E-state index is 9.19. The third-order valence-corrected chi connectivity index (χ3v) is 2.71. The lowest BCUT2D eigenvalue weighted by Crippen LogP contribution is -2.00. The van der Waals surface area contributed by atoms with E-state index in [9.17, 15) is 5.26 Å². The summed E-state index contributed by atoms with van der Waals surface area (Å²) in [6.07, 6.45) is 0. The zero-order valence-electron chi connectivity index (χ0n) is 10.7. The SMILES string of the molecule is Cc1cc(C)c(C#N)c(Nc2cccc(C#N)c2)n1. The largest absolute Gasteiger partial charge is 0.339 e. The predicted octanol–water partition coefficient (Wildman–Crippen LogP) is 3.19. The Bertz CT molecular complexity index is 705. The van der Waals surface area contributed by atoms with Gasteiger partial charge in [-0.05, 0) is 43.7 Å². The van der Waals surface area contributed by atoms with Crippen molar-refractivity contribution in [2.45, 2.75) is 13.8 Å². The lowest BCUT2D eigenvalue weighted by molar-refractivity contribution is 1.16. The van der Waals surface area contributed by atoms with Gasteiger partial charge in [-0.2, -0.15) is 10.5 Å². The second-order valence-electron chi connectivity index (χ2n) is 4.23. The summed E-state index contributed by atoms with van der Waals surface area (Å²) in [6, 6.07) is 13.2. The van der Waals surface area contributed by atoms with E-state index in [1.165, 1.54) is 0 Å². The first kappa shape index (κ1) is 12.6. The number of rotatable bonds is 2. The minimum Gasteiger partial charge on any atom is -0.339 e. The van der Waals surface area contributed by atoms with E-state index < -0.39 is 0 Å². The van der Waals surface area contributed by atoms with Gasteiger partial charge in [0.25, 0.3) is 0 Å². The molecular formula is C15H12N4. The maximum Gasteiger partial charge on any atom is 0.148 e. The normalized spacial score (nSPS) is 9.47. The summed E-state index contributed by atoms with van der Waals surface area (Å²) in [6.45, 7) is 3.76. The van der Waals surface area contributed by atoms with Crippen LogP contribution in [0.25, 0.3) is 0 Å². The van der Waals surface area contributed by atoms with Crippen LogP contribution in [-0.4, -0.2) is 4.98 Å². The van der Waals surface area contributed by atoms with Crippen molar-refractivity contribution in [2.75, 3.05) is 5.32 Å². The Labute approximate surface area is 112 Å². The standard InChI is InChI=1S/C15H12N4/c1-10-6-11(2)18-15(14(10)9-17)19-13-5-3-4-12(7-13)8-16/h3-7H,1-2H3,(H,18,19). The Kier molecular flexibility index (Phi) is 3.45. The van der Waals surface area contributed by atoms with Gasteiger partial charge in [0.15, 0.2) is 0 Å². The summed E-state index contributed by atoms with van der Waals surface area (Å²) < 4.78 is 0. The van der Waals surface area contributed by atoms with Crippen molar-refractivity contribution in [1.29, 1.82) is 10.5 Å². The molecule has 0 unspecified atom stereocenters. The van der Waals surface area contributed by atoms with E-state index in [1.54, 1.807) is 18.2 Å². The van der Waals surface area contributed by atoms with Gasteiger partial charge in [0.2, 0.25) is 0 Å². The second kappa shape index (κ2) is 5.20. The van der Waals surface area contributed by atoms with E-state index in [0.717, 1.165) is 16.9 Å². The van der Waals surface area contributed by atoms with Crippen LogP contribution < -0.4 is 5.32 Å². The fraction of sp³-hybridized carbons (Fsp3) is 0.133. The Morgan fingerprint density at radius 2 is 1.89 bits per heavy atom. The highest BCUT2D eigenvalue weighted by atomic mass is 15.0. The molecule has 2 rings (SSSR count). The van der Waals surface area contributed by atoms with Gasteiger partial charge in [0, 0.05) is 11.4 Å². The van der Waals surface area contributed by atoms with Crippen LogP contribution in [-0.2, 0) is 0 Å². The fourth-order valence-electron chi connectivity index (χ4n) is 1.87. The molecule has 2 aromatic rings. The average molecular weight is 248 g/mol. The summed E-state index contributed by atoms with van der Waals surface area (Å²) in [7, 11) is 0. The molecule has 1 N–H and O–H groups in total. The van der Waals surface area contributed by atoms with Crippen molar-refractivity contribution >= 4 is 11.5 Å². The van der Waals surface area contributed by atoms with Gasteiger partial charge >= 0.3 is 0 Å². The van der Waals surface area contributed by atoms with Gasteiger partial charge in [0.1, 0.15) is 11.9 Å². The summed E-state index contributed by atoms with van der Waals surface area (Å²) in [5, 5.41) is 21.2. The Balaban J connectivity index is 2.44. The second-order valence-corrected chi connectivity index (χ2v) is 4.23. The summed E-state index contributed by atoms with van der Waals surface area (Å²) >= 11 is 0. The van der Waals surface area contributed by atoms with Crippen LogP contribution in [0.5, 0.6) is 0 Å². The maximum absolute atomic E-state index is 9.19. The molecule has 0 radical (unpaired) electrons. The molecule has 92 valence electrons. The quantitative estimate of drug-likeness (QED) is 0.885. The first-order chi connectivity index (χ1) is 9.13. The molecule has 0 atom stereocenters. The van der Waals surface area contributed by atoms with Crippen molar-refractivity contribution in [3.8, 4) is 12.1 Å². The molecular weight excluding hydrogens is 236 g/mol. The van der Waals surface area contributed by atoms with E-state index >= 15 is 0 Å². The van der Waals surface area contributed by atoms with Crippen molar-refractivity contribution < 1.29 is 0 Å². The summed E-state index contributed by atoms with van der Waals surface area (Å²) in [4.78, 5) is 4.34. The number of aryl methyl sites for hydroxylation is 2.